The van der Waals surface area contributed by atoms with Crippen LogP contribution in [0.5, 0.6) is 0 Å². The smallest absolute Gasteiger partial charge is 0.0103 e. The van der Waals surface area contributed by atoms with E-state index in [4.69, 9.17) is 5.73 Å². The van der Waals surface area contributed by atoms with Gasteiger partial charge in [0.2, 0.25) is 0 Å². The lowest BCUT2D eigenvalue weighted by atomic mass is 10.0. The Kier molecular flexibility index (Phi) is 4.93. The largest absolute Gasteiger partial charge is 0.327 e. The van der Waals surface area contributed by atoms with Crippen LogP contribution >= 0.6 is 0 Å². The van der Waals surface area contributed by atoms with E-state index in [-0.39, 0.29) is 6.04 Å². The summed E-state index contributed by atoms with van der Waals surface area (Å²) in [5.41, 5.74) is 8.63. The van der Waals surface area contributed by atoms with Crippen molar-refractivity contribution in [3.05, 3.63) is 35.4 Å². The van der Waals surface area contributed by atoms with E-state index in [2.05, 4.69) is 43.0 Å². The Labute approximate surface area is 92.7 Å². The fraction of sp³-hybridized carbons (Fsp3) is 0.429. The van der Waals surface area contributed by atoms with Crippen molar-refractivity contribution in [1.82, 2.24) is 0 Å². The third kappa shape index (κ3) is 4.67. The lowest BCUT2D eigenvalue weighted by Crippen LogP contribution is -2.22. The lowest BCUT2D eigenvalue weighted by Gasteiger charge is -2.09. The topological polar surface area (TPSA) is 26.0 Å². The van der Waals surface area contributed by atoms with Gasteiger partial charge in [0.25, 0.3) is 0 Å². The standard InChI is InChI=1S/C14H19N/c1-3-4-5-6-14(15)11-13-9-7-12(2)8-10-13/h7-10,14H,5-6,11,15H2,1-2H3. The Morgan fingerprint density at radius 2 is 1.93 bits per heavy atom. The fourth-order valence-corrected chi connectivity index (χ4v) is 1.51. The summed E-state index contributed by atoms with van der Waals surface area (Å²) < 4.78 is 0. The molecule has 0 heterocycles. The first-order valence-electron chi connectivity index (χ1n) is 5.43. The maximum atomic E-state index is 6.02. The van der Waals surface area contributed by atoms with E-state index in [0.717, 1.165) is 19.3 Å². The molecule has 80 valence electrons. The summed E-state index contributed by atoms with van der Waals surface area (Å²) in [5.74, 6) is 5.93. The van der Waals surface area contributed by atoms with Gasteiger partial charge in [0.1, 0.15) is 0 Å². The Hall–Kier alpha value is -1.26. The Morgan fingerprint density at radius 1 is 1.27 bits per heavy atom. The molecule has 1 heteroatoms. The van der Waals surface area contributed by atoms with Crippen molar-refractivity contribution in [2.24, 2.45) is 5.73 Å². The first-order valence-corrected chi connectivity index (χ1v) is 5.43. The van der Waals surface area contributed by atoms with Crippen LogP contribution in [0.4, 0.5) is 0 Å². The normalized spacial score (nSPS) is 11.7. The second kappa shape index (κ2) is 6.27. The van der Waals surface area contributed by atoms with Crippen LogP contribution in [0.1, 0.15) is 30.9 Å². The van der Waals surface area contributed by atoms with Crippen molar-refractivity contribution >= 4 is 0 Å². The van der Waals surface area contributed by atoms with Crippen molar-refractivity contribution in [3.8, 4) is 11.8 Å². The number of benzene rings is 1. The minimum atomic E-state index is 0.230. The molecule has 0 fully saturated rings. The van der Waals surface area contributed by atoms with Gasteiger partial charge in [0, 0.05) is 12.5 Å². The van der Waals surface area contributed by atoms with Crippen LogP contribution in [0.2, 0.25) is 0 Å². The number of nitrogens with two attached hydrogens (primary N) is 1. The monoisotopic (exact) mass is 201 g/mol. The first-order chi connectivity index (χ1) is 7.22. The second-order valence-electron chi connectivity index (χ2n) is 3.92. The van der Waals surface area contributed by atoms with E-state index >= 15 is 0 Å². The SMILES string of the molecule is CC#CCCC(N)Cc1ccc(C)cc1. The summed E-state index contributed by atoms with van der Waals surface area (Å²) >= 11 is 0. The molecule has 0 aliphatic rings. The average Bonchev–Trinajstić information content (AvgIpc) is 2.22. The Bertz CT molecular complexity index is 340. The molecule has 0 bridgehead atoms. The van der Waals surface area contributed by atoms with Crippen molar-refractivity contribution in [2.45, 2.75) is 39.2 Å². The van der Waals surface area contributed by atoms with Crippen LogP contribution in [0.3, 0.4) is 0 Å². The zero-order valence-electron chi connectivity index (χ0n) is 9.59. The molecule has 0 aliphatic carbocycles. The predicted molar refractivity (Wildman–Crippen MR) is 65.5 cm³/mol. The predicted octanol–water partition coefficient (Wildman–Crippen LogP) is 2.67. The zero-order valence-corrected chi connectivity index (χ0v) is 9.59. The highest BCUT2D eigenvalue weighted by Gasteiger charge is 2.02. The molecule has 15 heavy (non-hydrogen) atoms. The van der Waals surface area contributed by atoms with E-state index in [1.807, 2.05) is 6.92 Å². The van der Waals surface area contributed by atoms with Gasteiger partial charge in [-0.1, -0.05) is 29.8 Å². The third-order valence-corrected chi connectivity index (χ3v) is 2.44. The van der Waals surface area contributed by atoms with Gasteiger partial charge >= 0.3 is 0 Å². The highest BCUT2D eigenvalue weighted by Crippen LogP contribution is 2.07. The molecule has 1 atom stereocenters. The number of aryl methyl sites for hydroxylation is 1. The van der Waals surface area contributed by atoms with E-state index in [1.165, 1.54) is 11.1 Å². The molecule has 0 radical (unpaired) electrons. The van der Waals surface area contributed by atoms with Crippen molar-refractivity contribution < 1.29 is 0 Å². The number of hydrogen-bond acceptors (Lipinski definition) is 1. The quantitative estimate of drug-likeness (QED) is 0.745. The minimum absolute atomic E-state index is 0.230. The van der Waals surface area contributed by atoms with Crippen molar-refractivity contribution in [2.75, 3.05) is 0 Å². The first kappa shape index (κ1) is 11.8. The molecule has 1 rings (SSSR count). The van der Waals surface area contributed by atoms with E-state index in [1.54, 1.807) is 0 Å². The van der Waals surface area contributed by atoms with E-state index < -0.39 is 0 Å². The summed E-state index contributed by atoms with van der Waals surface area (Å²) in [4.78, 5) is 0. The maximum absolute atomic E-state index is 6.02. The molecule has 0 amide bonds. The highest BCUT2D eigenvalue weighted by molar-refractivity contribution is 5.22. The van der Waals surface area contributed by atoms with Gasteiger partial charge in [-0.15, -0.1) is 11.8 Å². The lowest BCUT2D eigenvalue weighted by molar-refractivity contribution is 0.622. The van der Waals surface area contributed by atoms with Crippen LogP contribution in [0.25, 0.3) is 0 Å². The zero-order chi connectivity index (χ0) is 11.1. The van der Waals surface area contributed by atoms with Crippen LogP contribution in [-0.4, -0.2) is 6.04 Å². The molecular formula is C14H19N. The van der Waals surface area contributed by atoms with Crippen LogP contribution in [-0.2, 0) is 6.42 Å². The molecule has 0 aliphatic heterocycles. The van der Waals surface area contributed by atoms with Gasteiger partial charge in [-0.05, 0) is 32.3 Å². The summed E-state index contributed by atoms with van der Waals surface area (Å²) in [6.45, 7) is 3.96. The molecule has 0 saturated carbocycles. The fourth-order valence-electron chi connectivity index (χ4n) is 1.51. The van der Waals surface area contributed by atoms with Crippen molar-refractivity contribution in [3.63, 3.8) is 0 Å². The van der Waals surface area contributed by atoms with Gasteiger partial charge in [-0.25, -0.2) is 0 Å². The Balaban J connectivity index is 2.39. The third-order valence-electron chi connectivity index (χ3n) is 2.44. The summed E-state index contributed by atoms with van der Waals surface area (Å²) in [6.07, 6.45) is 2.84. The molecule has 2 N–H and O–H groups in total. The van der Waals surface area contributed by atoms with Crippen LogP contribution in [0, 0.1) is 18.8 Å². The van der Waals surface area contributed by atoms with Gasteiger partial charge in [-0.2, -0.15) is 0 Å². The molecule has 1 aromatic carbocycles. The van der Waals surface area contributed by atoms with Crippen LogP contribution < -0.4 is 5.73 Å². The van der Waals surface area contributed by atoms with E-state index in [9.17, 15) is 0 Å². The number of hydrogen-bond donors (Lipinski definition) is 1. The molecule has 1 aromatic rings. The summed E-state index contributed by atoms with van der Waals surface area (Å²) in [5, 5.41) is 0. The van der Waals surface area contributed by atoms with Gasteiger partial charge in [-0.3, -0.25) is 0 Å². The van der Waals surface area contributed by atoms with Gasteiger partial charge in [0.15, 0.2) is 0 Å². The molecule has 0 aromatic heterocycles. The average molecular weight is 201 g/mol. The van der Waals surface area contributed by atoms with Gasteiger partial charge < -0.3 is 5.73 Å². The van der Waals surface area contributed by atoms with Crippen LogP contribution in [0.15, 0.2) is 24.3 Å². The molecule has 1 unspecified atom stereocenters. The number of rotatable bonds is 4. The molecule has 0 spiro atoms. The summed E-state index contributed by atoms with van der Waals surface area (Å²) in [7, 11) is 0. The molecular weight excluding hydrogens is 182 g/mol. The molecule has 0 saturated heterocycles. The van der Waals surface area contributed by atoms with Crippen molar-refractivity contribution in [1.29, 1.82) is 0 Å². The molecule has 1 nitrogen and oxygen atoms in total. The van der Waals surface area contributed by atoms with E-state index in [0.29, 0.717) is 0 Å². The highest BCUT2D eigenvalue weighted by atomic mass is 14.6. The summed E-state index contributed by atoms with van der Waals surface area (Å²) in [6, 6.07) is 8.80. The second-order valence-corrected chi connectivity index (χ2v) is 3.92. The Morgan fingerprint density at radius 3 is 2.53 bits per heavy atom. The van der Waals surface area contributed by atoms with Gasteiger partial charge in [0.05, 0.1) is 0 Å². The maximum Gasteiger partial charge on any atom is 0.0103 e. The minimum Gasteiger partial charge on any atom is -0.327 e.